The highest BCUT2D eigenvalue weighted by Gasteiger charge is 2.33. The number of aryl methyl sites for hydroxylation is 1. The fraction of sp³-hybridized carbons (Fsp3) is 0.600. The molecule has 3 rings (SSSR count). The summed E-state index contributed by atoms with van der Waals surface area (Å²) in [4.78, 5) is 14.2. The Morgan fingerprint density at radius 2 is 2.35 bits per heavy atom. The fourth-order valence-electron chi connectivity index (χ4n) is 3.08. The lowest BCUT2D eigenvalue weighted by Gasteiger charge is -2.27. The van der Waals surface area contributed by atoms with E-state index >= 15 is 0 Å². The normalized spacial score (nSPS) is 22.3. The molecule has 0 spiro atoms. The number of nitrogen functional groups attached to an aromatic ring is 1. The van der Waals surface area contributed by atoms with Gasteiger partial charge in [-0.2, -0.15) is 0 Å². The van der Waals surface area contributed by atoms with Crippen molar-refractivity contribution < 1.29 is 4.39 Å². The third-order valence-corrected chi connectivity index (χ3v) is 5.66. The summed E-state index contributed by atoms with van der Waals surface area (Å²) in [5, 5.41) is 3.73. The Labute approximate surface area is 144 Å². The summed E-state index contributed by atoms with van der Waals surface area (Å²) >= 11 is 3.16. The van der Waals surface area contributed by atoms with Crippen LogP contribution in [0.3, 0.4) is 0 Å². The molecule has 8 heteroatoms. The number of likely N-dealkylation sites (tertiary alicyclic amines) is 1. The number of alkyl halides is 1. The average Bonchev–Trinajstić information content (AvgIpc) is 3.14. The van der Waals surface area contributed by atoms with E-state index in [9.17, 15) is 4.39 Å². The molecule has 1 aliphatic rings. The SMILES string of the molecule is Cc1nc(CN2C[C@@H](F)C[C@H]2CN(C)Cc2cnc(N)s2)cs1. The summed E-state index contributed by atoms with van der Waals surface area (Å²) in [7, 11) is 2.06. The number of hydrogen-bond acceptors (Lipinski definition) is 7. The Balaban J connectivity index is 1.58. The zero-order chi connectivity index (χ0) is 16.4. The summed E-state index contributed by atoms with van der Waals surface area (Å²) in [6, 6.07) is 0.224. The molecule has 2 aromatic rings. The van der Waals surface area contributed by atoms with Crippen LogP contribution < -0.4 is 5.73 Å². The van der Waals surface area contributed by atoms with Gasteiger partial charge in [-0.15, -0.1) is 22.7 Å². The van der Waals surface area contributed by atoms with E-state index in [2.05, 4.69) is 32.2 Å². The van der Waals surface area contributed by atoms with Crippen LogP contribution in [0.1, 0.15) is 22.0 Å². The molecule has 0 amide bonds. The van der Waals surface area contributed by atoms with E-state index in [1.807, 2.05) is 13.1 Å². The van der Waals surface area contributed by atoms with E-state index in [1.165, 1.54) is 11.3 Å². The molecule has 23 heavy (non-hydrogen) atoms. The van der Waals surface area contributed by atoms with Crippen molar-refractivity contribution in [3.8, 4) is 0 Å². The van der Waals surface area contributed by atoms with Crippen molar-refractivity contribution in [1.82, 2.24) is 19.8 Å². The minimum absolute atomic E-state index is 0.224. The molecule has 3 heterocycles. The summed E-state index contributed by atoms with van der Waals surface area (Å²) in [5.74, 6) is 0. The van der Waals surface area contributed by atoms with Gasteiger partial charge in [0.05, 0.1) is 10.7 Å². The summed E-state index contributed by atoms with van der Waals surface area (Å²) in [6.07, 6.45) is 1.67. The molecule has 0 unspecified atom stereocenters. The van der Waals surface area contributed by atoms with Gasteiger partial charge < -0.3 is 5.73 Å². The van der Waals surface area contributed by atoms with Gasteiger partial charge in [0, 0.05) is 48.7 Å². The summed E-state index contributed by atoms with van der Waals surface area (Å²) in [6.45, 7) is 4.87. The molecular weight excluding hydrogens is 333 g/mol. The monoisotopic (exact) mass is 355 g/mol. The van der Waals surface area contributed by atoms with Gasteiger partial charge in [0.1, 0.15) is 6.17 Å². The minimum Gasteiger partial charge on any atom is -0.375 e. The van der Waals surface area contributed by atoms with Crippen LogP contribution in [0.4, 0.5) is 9.52 Å². The molecule has 1 aliphatic heterocycles. The Morgan fingerprint density at radius 1 is 1.52 bits per heavy atom. The second kappa shape index (κ2) is 7.21. The molecule has 2 atom stereocenters. The van der Waals surface area contributed by atoms with Crippen LogP contribution in [-0.2, 0) is 13.1 Å². The number of rotatable bonds is 6. The zero-order valence-corrected chi connectivity index (χ0v) is 15.0. The second-order valence-corrected chi connectivity index (χ2v) is 8.34. The lowest BCUT2D eigenvalue weighted by molar-refractivity contribution is 0.180. The summed E-state index contributed by atoms with van der Waals surface area (Å²) < 4.78 is 13.9. The highest BCUT2D eigenvalue weighted by molar-refractivity contribution is 7.15. The number of anilines is 1. The Morgan fingerprint density at radius 3 is 3.00 bits per heavy atom. The third-order valence-electron chi connectivity index (χ3n) is 4.03. The van der Waals surface area contributed by atoms with E-state index in [0.717, 1.165) is 35.2 Å². The molecule has 126 valence electrons. The quantitative estimate of drug-likeness (QED) is 0.863. The van der Waals surface area contributed by atoms with E-state index in [4.69, 9.17) is 5.73 Å². The third kappa shape index (κ3) is 4.47. The predicted octanol–water partition coefficient (Wildman–Crippen LogP) is 2.53. The van der Waals surface area contributed by atoms with Crippen LogP contribution in [0.25, 0.3) is 0 Å². The van der Waals surface area contributed by atoms with Gasteiger partial charge in [0.25, 0.3) is 0 Å². The first-order valence-electron chi connectivity index (χ1n) is 7.67. The van der Waals surface area contributed by atoms with Crippen LogP contribution >= 0.6 is 22.7 Å². The second-order valence-electron chi connectivity index (χ2n) is 6.14. The molecule has 0 aliphatic carbocycles. The molecule has 2 aromatic heterocycles. The molecule has 0 saturated carbocycles. The molecule has 0 aromatic carbocycles. The zero-order valence-electron chi connectivity index (χ0n) is 13.4. The molecule has 1 fully saturated rings. The van der Waals surface area contributed by atoms with Gasteiger partial charge >= 0.3 is 0 Å². The standard InChI is InChI=1S/C15H22FN5S2/c1-10-19-12(9-22-10)6-21-5-11(16)3-13(21)7-20(2)8-14-4-18-15(17)23-14/h4,9,11,13H,3,5-8H2,1-2H3,(H2,17,18)/t11-,13-/m0/s1. The van der Waals surface area contributed by atoms with Crippen molar-refractivity contribution in [1.29, 1.82) is 0 Å². The lowest BCUT2D eigenvalue weighted by atomic mass is 10.2. The Hall–Kier alpha value is -1.09. The van der Waals surface area contributed by atoms with Gasteiger partial charge in [-0.05, 0) is 20.4 Å². The molecular formula is C15H22FN5S2. The van der Waals surface area contributed by atoms with Crippen LogP contribution in [0, 0.1) is 6.92 Å². The van der Waals surface area contributed by atoms with Crippen molar-refractivity contribution in [2.75, 3.05) is 25.9 Å². The maximum Gasteiger partial charge on any atom is 0.180 e. The van der Waals surface area contributed by atoms with E-state index < -0.39 is 6.17 Å². The van der Waals surface area contributed by atoms with Gasteiger partial charge in [0.15, 0.2) is 5.13 Å². The van der Waals surface area contributed by atoms with Crippen molar-refractivity contribution in [3.05, 3.63) is 27.2 Å². The largest absolute Gasteiger partial charge is 0.375 e. The minimum atomic E-state index is -0.743. The highest BCUT2D eigenvalue weighted by Crippen LogP contribution is 2.25. The van der Waals surface area contributed by atoms with Crippen LogP contribution in [0.5, 0.6) is 0 Å². The number of thiazole rings is 2. The van der Waals surface area contributed by atoms with E-state index in [0.29, 0.717) is 18.1 Å². The lowest BCUT2D eigenvalue weighted by Crippen LogP contribution is -2.38. The number of nitrogens with two attached hydrogens (primary N) is 1. The first-order chi connectivity index (χ1) is 11.0. The van der Waals surface area contributed by atoms with Gasteiger partial charge in [0.2, 0.25) is 0 Å². The first-order valence-corrected chi connectivity index (χ1v) is 9.37. The molecule has 0 radical (unpaired) electrons. The number of likely N-dealkylation sites (N-methyl/N-ethyl adjacent to an activating group) is 1. The maximum absolute atomic E-state index is 13.9. The molecule has 2 N–H and O–H groups in total. The fourth-order valence-corrected chi connectivity index (χ4v) is 4.45. The van der Waals surface area contributed by atoms with Crippen LogP contribution in [0.2, 0.25) is 0 Å². The Kier molecular flexibility index (Phi) is 5.25. The van der Waals surface area contributed by atoms with Crippen molar-refractivity contribution >= 4 is 27.8 Å². The van der Waals surface area contributed by atoms with Crippen LogP contribution in [0.15, 0.2) is 11.6 Å². The topological polar surface area (TPSA) is 58.3 Å². The van der Waals surface area contributed by atoms with Crippen molar-refractivity contribution in [2.24, 2.45) is 0 Å². The van der Waals surface area contributed by atoms with Crippen LogP contribution in [-0.4, -0.2) is 52.1 Å². The molecule has 0 bridgehead atoms. The van der Waals surface area contributed by atoms with Crippen molar-refractivity contribution in [3.63, 3.8) is 0 Å². The molecule has 1 saturated heterocycles. The first kappa shape index (κ1) is 16.8. The van der Waals surface area contributed by atoms with Gasteiger partial charge in [-0.25, -0.2) is 14.4 Å². The van der Waals surface area contributed by atoms with E-state index in [-0.39, 0.29) is 6.04 Å². The highest BCUT2D eigenvalue weighted by atomic mass is 32.1. The van der Waals surface area contributed by atoms with Crippen molar-refractivity contribution in [2.45, 2.75) is 38.6 Å². The maximum atomic E-state index is 13.9. The average molecular weight is 356 g/mol. The smallest absolute Gasteiger partial charge is 0.180 e. The molecule has 5 nitrogen and oxygen atoms in total. The predicted molar refractivity (Wildman–Crippen MR) is 93.4 cm³/mol. The number of hydrogen-bond donors (Lipinski definition) is 1. The summed E-state index contributed by atoms with van der Waals surface area (Å²) in [5.41, 5.74) is 6.72. The van der Waals surface area contributed by atoms with Gasteiger partial charge in [-0.3, -0.25) is 9.80 Å². The van der Waals surface area contributed by atoms with Gasteiger partial charge in [-0.1, -0.05) is 0 Å². The number of nitrogens with zero attached hydrogens (tertiary/aromatic N) is 4. The number of aromatic nitrogens is 2. The Bertz CT molecular complexity index is 643. The number of halogens is 1. The van der Waals surface area contributed by atoms with E-state index in [1.54, 1.807) is 11.3 Å².